The molecule has 2 heterocycles. The van der Waals surface area contributed by atoms with Gasteiger partial charge < -0.3 is 14.7 Å². The van der Waals surface area contributed by atoms with Gasteiger partial charge in [0.05, 0.1) is 12.3 Å². The van der Waals surface area contributed by atoms with Crippen LogP contribution in [-0.2, 0) is 0 Å². The first-order valence-electron chi connectivity index (χ1n) is 4.32. The third kappa shape index (κ3) is 1.42. The highest BCUT2D eigenvalue weighted by molar-refractivity contribution is 5.50. The van der Waals surface area contributed by atoms with Crippen molar-refractivity contribution < 1.29 is 8.94 Å². The predicted molar refractivity (Wildman–Crippen MR) is 49.3 cm³/mol. The Bertz CT molecular complexity index is 431. The van der Waals surface area contributed by atoms with Crippen molar-refractivity contribution in [3.63, 3.8) is 0 Å². The van der Waals surface area contributed by atoms with Crippen LogP contribution in [0, 0.1) is 6.92 Å². The van der Waals surface area contributed by atoms with E-state index in [0.717, 1.165) is 5.56 Å². The van der Waals surface area contributed by atoms with E-state index in [1.165, 1.54) is 0 Å². The zero-order chi connectivity index (χ0) is 10.1. The van der Waals surface area contributed by atoms with Gasteiger partial charge in [0.25, 0.3) is 0 Å². The van der Waals surface area contributed by atoms with E-state index in [-0.39, 0.29) is 6.04 Å². The van der Waals surface area contributed by atoms with Gasteiger partial charge in [-0.3, -0.25) is 0 Å². The lowest BCUT2D eigenvalue weighted by atomic mass is 10.3. The number of aromatic nitrogens is 2. The van der Waals surface area contributed by atoms with Gasteiger partial charge in [-0.2, -0.15) is 4.98 Å². The Hall–Kier alpha value is -1.62. The molecule has 2 aromatic heterocycles. The summed E-state index contributed by atoms with van der Waals surface area (Å²) in [4.78, 5) is 4.12. The maximum atomic E-state index is 5.59. The lowest BCUT2D eigenvalue weighted by Gasteiger charge is -1.92. The van der Waals surface area contributed by atoms with Crippen molar-refractivity contribution in [2.45, 2.75) is 19.9 Å². The molecular weight excluding hydrogens is 182 g/mol. The largest absolute Gasteiger partial charge is 0.461 e. The number of furan rings is 1. The number of hydrogen-bond acceptors (Lipinski definition) is 5. The summed E-state index contributed by atoms with van der Waals surface area (Å²) in [5, 5.41) is 3.78. The molecule has 0 amide bonds. The Morgan fingerprint density at radius 1 is 1.50 bits per heavy atom. The molecule has 1 atom stereocenters. The van der Waals surface area contributed by atoms with Crippen LogP contribution in [0.15, 0.2) is 21.3 Å². The normalized spacial score (nSPS) is 13.1. The van der Waals surface area contributed by atoms with Crippen molar-refractivity contribution in [2.75, 3.05) is 0 Å². The average Bonchev–Trinajstić information content (AvgIpc) is 2.71. The molecule has 0 bridgehead atoms. The summed E-state index contributed by atoms with van der Waals surface area (Å²) in [5.41, 5.74) is 6.57. The standard InChI is InChI=1S/C9H11N3O2/c1-5-3-4-13-7(5)8-11-9(6(2)10)14-12-8/h3-4,6H,10H2,1-2H3/t6-/m0/s1. The highest BCUT2D eigenvalue weighted by atomic mass is 16.5. The van der Waals surface area contributed by atoms with Crippen molar-refractivity contribution in [3.8, 4) is 11.6 Å². The lowest BCUT2D eigenvalue weighted by molar-refractivity contribution is 0.361. The zero-order valence-electron chi connectivity index (χ0n) is 8.02. The fourth-order valence-corrected chi connectivity index (χ4v) is 1.11. The van der Waals surface area contributed by atoms with Crippen LogP contribution in [-0.4, -0.2) is 10.1 Å². The van der Waals surface area contributed by atoms with Gasteiger partial charge in [-0.05, 0) is 25.5 Å². The molecule has 0 aliphatic rings. The smallest absolute Gasteiger partial charge is 0.243 e. The highest BCUT2D eigenvalue weighted by Gasteiger charge is 2.15. The zero-order valence-corrected chi connectivity index (χ0v) is 8.02. The Labute approximate surface area is 80.9 Å². The molecule has 74 valence electrons. The van der Waals surface area contributed by atoms with Crippen LogP contribution < -0.4 is 5.73 Å². The van der Waals surface area contributed by atoms with Crippen molar-refractivity contribution >= 4 is 0 Å². The monoisotopic (exact) mass is 193 g/mol. The first kappa shape index (κ1) is 8.96. The first-order chi connectivity index (χ1) is 6.68. The van der Waals surface area contributed by atoms with Crippen LogP contribution >= 0.6 is 0 Å². The lowest BCUT2D eigenvalue weighted by Crippen LogP contribution is -2.04. The van der Waals surface area contributed by atoms with E-state index in [2.05, 4.69) is 10.1 Å². The quantitative estimate of drug-likeness (QED) is 0.784. The molecule has 0 aliphatic carbocycles. The SMILES string of the molecule is Cc1ccoc1-c1noc([C@H](C)N)n1. The summed E-state index contributed by atoms with van der Waals surface area (Å²) >= 11 is 0. The molecule has 0 aliphatic heterocycles. The van der Waals surface area contributed by atoms with E-state index in [1.807, 2.05) is 13.0 Å². The van der Waals surface area contributed by atoms with Crippen molar-refractivity contribution in [1.82, 2.24) is 10.1 Å². The van der Waals surface area contributed by atoms with Crippen molar-refractivity contribution in [1.29, 1.82) is 0 Å². The van der Waals surface area contributed by atoms with E-state index in [1.54, 1.807) is 13.2 Å². The molecule has 0 radical (unpaired) electrons. The summed E-state index contributed by atoms with van der Waals surface area (Å²) in [6.07, 6.45) is 1.59. The minimum atomic E-state index is -0.258. The van der Waals surface area contributed by atoms with E-state index in [0.29, 0.717) is 17.5 Å². The molecule has 0 saturated heterocycles. The molecule has 2 rings (SSSR count). The summed E-state index contributed by atoms with van der Waals surface area (Å²) in [7, 11) is 0. The van der Waals surface area contributed by atoms with Crippen molar-refractivity contribution in [2.24, 2.45) is 5.73 Å². The molecule has 0 spiro atoms. The fraction of sp³-hybridized carbons (Fsp3) is 0.333. The van der Waals surface area contributed by atoms with Crippen molar-refractivity contribution in [3.05, 3.63) is 23.8 Å². The van der Waals surface area contributed by atoms with Gasteiger partial charge in [-0.15, -0.1) is 0 Å². The molecule has 2 aromatic rings. The van der Waals surface area contributed by atoms with E-state index >= 15 is 0 Å². The van der Waals surface area contributed by atoms with Crippen LogP contribution in [0.4, 0.5) is 0 Å². The van der Waals surface area contributed by atoms with Gasteiger partial charge >= 0.3 is 0 Å². The minimum absolute atomic E-state index is 0.258. The van der Waals surface area contributed by atoms with E-state index in [9.17, 15) is 0 Å². The highest BCUT2D eigenvalue weighted by Crippen LogP contribution is 2.22. The molecule has 0 saturated carbocycles. The topological polar surface area (TPSA) is 78.1 Å². The summed E-state index contributed by atoms with van der Waals surface area (Å²) in [5.74, 6) is 1.48. The fourth-order valence-electron chi connectivity index (χ4n) is 1.11. The summed E-state index contributed by atoms with van der Waals surface area (Å²) in [6.45, 7) is 3.70. The Morgan fingerprint density at radius 3 is 2.79 bits per heavy atom. The minimum Gasteiger partial charge on any atom is -0.461 e. The first-order valence-corrected chi connectivity index (χ1v) is 4.32. The Morgan fingerprint density at radius 2 is 2.29 bits per heavy atom. The number of hydrogen-bond donors (Lipinski definition) is 1. The van der Waals surface area contributed by atoms with Crippen LogP contribution in [0.25, 0.3) is 11.6 Å². The number of aryl methyl sites for hydroxylation is 1. The molecule has 0 unspecified atom stereocenters. The number of nitrogens with two attached hydrogens (primary N) is 1. The number of nitrogens with zero attached hydrogens (tertiary/aromatic N) is 2. The van der Waals surface area contributed by atoms with Gasteiger partial charge in [0.2, 0.25) is 11.7 Å². The molecule has 0 fully saturated rings. The third-order valence-corrected chi connectivity index (χ3v) is 1.90. The van der Waals surface area contributed by atoms with Gasteiger partial charge in [-0.25, -0.2) is 0 Å². The summed E-state index contributed by atoms with van der Waals surface area (Å²) < 4.78 is 10.2. The van der Waals surface area contributed by atoms with E-state index in [4.69, 9.17) is 14.7 Å². The maximum absolute atomic E-state index is 5.59. The molecule has 2 N–H and O–H groups in total. The van der Waals surface area contributed by atoms with Gasteiger partial charge in [0.15, 0.2) is 5.76 Å². The van der Waals surface area contributed by atoms with Gasteiger partial charge in [0, 0.05) is 0 Å². The maximum Gasteiger partial charge on any atom is 0.243 e. The number of rotatable bonds is 2. The van der Waals surface area contributed by atoms with Crippen LogP contribution in [0.3, 0.4) is 0 Å². The molecular formula is C9H11N3O2. The van der Waals surface area contributed by atoms with Gasteiger partial charge in [-0.1, -0.05) is 5.16 Å². The van der Waals surface area contributed by atoms with Crippen LogP contribution in [0.5, 0.6) is 0 Å². The second-order valence-corrected chi connectivity index (χ2v) is 3.18. The molecule has 5 heteroatoms. The Balaban J connectivity index is 2.39. The van der Waals surface area contributed by atoms with E-state index < -0.39 is 0 Å². The summed E-state index contributed by atoms with van der Waals surface area (Å²) in [6, 6.07) is 1.59. The Kier molecular flexibility index (Phi) is 2.09. The second-order valence-electron chi connectivity index (χ2n) is 3.18. The van der Waals surface area contributed by atoms with Gasteiger partial charge in [0.1, 0.15) is 0 Å². The van der Waals surface area contributed by atoms with Crippen LogP contribution in [0.2, 0.25) is 0 Å². The van der Waals surface area contributed by atoms with Crippen LogP contribution in [0.1, 0.15) is 24.4 Å². The molecule has 5 nitrogen and oxygen atoms in total. The third-order valence-electron chi connectivity index (χ3n) is 1.90. The predicted octanol–water partition coefficient (Wildman–Crippen LogP) is 1.66. The second kappa shape index (κ2) is 3.26. The average molecular weight is 193 g/mol. The molecule has 0 aromatic carbocycles. The molecule has 14 heavy (non-hydrogen) atoms.